The predicted octanol–water partition coefficient (Wildman–Crippen LogP) is 4.67. The zero-order valence-corrected chi connectivity index (χ0v) is 14.6. The van der Waals surface area contributed by atoms with Crippen molar-refractivity contribution in [2.24, 2.45) is 0 Å². The molecule has 0 atom stereocenters. The van der Waals surface area contributed by atoms with Crippen molar-refractivity contribution in [3.05, 3.63) is 70.2 Å². The Bertz CT molecular complexity index is 702. The first-order valence-corrected chi connectivity index (χ1v) is 9.09. The van der Waals surface area contributed by atoms with Crippen LogP contribution >= 0.6 is 15.9 Å². The average molecular weight is 370 g/mol. The molecule has 2 aromatic rings. The molecule has 4 rings (SSSR count). The number of amides is 1. The van der Waals surface area contributed by atoms with Gasteiger partial charge in [-0.3, -0.25) is 4.79 Å². The molecule has 0 saturated heterocycles. The van der Waals surface area contributed by atoms with Gasteiger partial charge in [-0.15, -0.1) is 0 Å². The summed E-state index contributed by atoms with van der Waals surface area (Å²) in [6, 6.07) is 19.1. The molecule has 0 spiro atoms. The van der Waals surface area contributed by atoms with Crippen LogP contribution in [0.15, 0.2) is 59.1 Å². The minimum atomic E-state index is -0.266. The van der Waals surface area contributed by atoms with Crippen molar-refractivity contribution in [1.29, 1.82) is 0 Å². The highest BCUT2D eigenvalue weighted by atomic mass is 79.9. The van der Waals surface area contributed by atoms with Crippen LogP contribution in [0.4, 0.5) is 0 Å². The van der Waals surface area contributed by atoms with Crippen LogP contribution in [0.2, 0.25) is 0 Å². The summed E-state index contributed by atoms with van der Waals surface area (Å²) in [6.07, 6.45) is 4.25. The first-order valence-electron chi connectivity index (χ1n) is 8.30. The summed E-state index contributed by atoms with van der Waals surface area (Å²) in [4.78, 5) is 15.4. The second-order valence-electron chi connectivity index (χ2n) is 6.74. The number of rotatable bonds is 5. The molecule has 2 saturated carbocycles. The Hall–Kier alpha value is -1.61. The van der Waals surface area contributed by atoms with Crippen LogP contribution in [0.1, 0.15) is 36.8 Å². The fraction of sp³-hybridized carbons (Fsp3) is 0.350. The third kappa shape index (κ3) is 2.94. The van der Waals surface area contributed by atoms with Crippen LogP contribution in [0.3, 0.4) is 0 Å². The zero-order valence-electron chi connectivity index (χ0n) is 13.0. The van der Waals surface area contributed by atoms with E-state index >= 15 is 0 Å². The van der Waals surface area contributed by atoms with Gasteiger partial charge in [0.2, 0.25) is 5.91 Å². The van der Waals surface area contributed by atoms with Gasteiger partial charge in [0.25, 0.3) is 0 Å². The van der Waals surface area contributed by atoms with E-state index in [0.717, 1.165) is 36.7 Å². The Balaban J connectivity index is 1.59. The van der Waals surface area contributed by atoms with Crippen LogP contribution in [0, 0.1) is 0 Å². The summed E-state index contributed by atoms with van der Waals surface area (Å²) in [6.45, 7) is 0.739. The maximum Gasteiger partial charge on any atom is 0.233 e. The molecule has 23 heavy (non-hydrogen) atoms. The fourth-order valence-electron chi connectivity index (χ4n) is 3.33. The molecule has 0 unspecified atom stereocenters. The highest BCUT2D eigenvalue weighted by Crippen LogP contribution is 2.51. The molecular formula is C20H20BrNO. The summed E-state index contributed by atoms with van der Waals surface area (Å²) in [5.41, 5.74) is 2.13. The van der Waals surface area contributed by atoms with Gasteiger partial charge in [0.1, 0.15) is 0 Å². The summed E-state index contributed by atoms with van der Waals surface area (Å²) in [7, 11) is 0. The lowest BCUT2D eigenvalue weighted by Gasteiger charge is -2.28. The third-order valence-corrected chi connectivity index (χ3v) is 5.53. The Morgan fingerprint density at radius 3 is 2.26 bits per heavy atom. The highest BCUT2D eigenvalue weighted by molar-refractivity contribution is 9.10. The smallest absolute Gasteiger partial charge is 0.233 e. The highest BCUT2D eigenvalue weighted by Gasteiger charge is 2.54. The molecule has 0 aliphatic heterocycles. The topological polar surface area (TPSA) is 20.3 Å². The molecule has 2 aliphatic carbocycles. The van der Waals surface area contributed by atoms with Gasteiger partial charge in [-0.05, 0) is 48.9 Å². The number of carbonyl (C=O) groups is 1. The Kier molecular flexibility index (Phi) is 3.76. The van der Waals surface area contributed by atoms with E-state index < -0.39 is 0 Å². The number of nitrogens with zero attached hydrogens (tertiary/aromatic N) is 1. The molecule has 0 radical (unpaired) electrons. The summed E-state index contributed by atoms with van der Waals surface area (Å²) < 4.78 is 1.06. The molecule has 2 nitrogen and oxygen atoms in total. The van der Waals surface area contributed by atoms with E-state index in [1.807, 2.05) is 30.3 Å². The number of benzene rings is 2. The Morgan fingerprint density at radius 1 is 1.04 bits per heavy atom. The van der Waals surface area contributed by atoms with Gasteiger partial charge < -0.3 is 4.90 Å². The quantitative estimate of drug-likeness (QED) is 0.749. The molecule has 3 heteroatoms. The number of hydrogen-bond acceptors (Lipinski definition) is 1. The molecule has 118 valence electrons. The third-order valence-electron chi connectivity index (χ3n) is 5.00. The van der Waals surface area contributed by atoms with Gasteiger partial charge in [0.15, 0.2) is 0 Å². The molecule has 0 bridgehead atoms. The van der Waals surface area contributed by atoms with Crippen molar-refractivity contribution in [3.63, 3.8) is 0 Å². The summed E-state index contributed by atoms with van der Waals surface area (Å²) >= 11 is 3.48. The lowest BCUT2D eigenvalue weighted by atomic mass is 9.94. The minimum Gasteiger partial charge on any atom is -0.335 e. The van der Waals surface area contributed by atoms with E-state index in [2.05, 4.69) is 45.1 Å². The second kappa shape index (κ2) is 5.79. The van der Waals surface area contributed by atoms with Crippen molar-refractivity contribution < 1.29 is 4.79 Å². The predicted molar refractivity (Wildman–Crippen MR) is 95.1 cm³/mol. The number of carbonyl (C=O) groups excluding carboxylic acids is 1. The van der Waals surface area contributed by atoms with E-state index in [9.17, 15) is 4.79 Å². The largest absolute Gasteiger partial charge is 0.335 e. The van der Waals surface area contributed by atoms with Crippen LogP contribution in [0.25, 0.3) is 0 Å². The molecule has 0 N–H and O–H groups in total. The Labute approximate surface area is 145 Å². The summed E-state index contributed by atoms with van der Waals surface area (Å²) in [5, 5.41) is 0. The number of hydrogen-bond donors (Lipinski definition) is 0. The van der Waals surface area contributed by atoms with E-state index in [-0.39, 0.29) is 5.41 Å². The monoisotopic (exact) mass is 369 g/mol. The van der Waals surface area contributed by atoms with Gasteiger partial charge in [0, 0.05) is 17.1 Å². The first kappa shape index (κ1) is 14.9. The molecule has 0 heterocycles. The first-order chi connectivity index (χ1) is 11.2. The molecule has 2 aliphatic rings. The van der Waals surface area contributed by atoms with Gasteiger partial charge in [-0.25, -0.2) is 0 Å². The van der Waals surface area contributed by atoms with Gasteiger partial charge in [0.05, 0.1) is 5.41 Å². The average Bonchev–Trinajstić information content (AvgIpc) is 3.47. The van der Waals surface area contributed by atoms with Crippen LogP contribution in [0.5, 0.6) is 0 Å². The van der Waals surface area contributed by atoms with E-state index in [4.69, 9.17) is 0 Å². The van der Waals surface area contributed by atoms with E-state index in [1.165, 1.54) is 11.1 Å². The Morgan fingerprint density at radius 2 is 1.70 bits per heavy atom. The van der Waals surface area contributed by atoms with Crippen molar-refractivity contribution in [3.8, 4) is 0 Å². The normalized spacial score (nSPS) is 18.5. The van der Waals surface area contributed by atoms with E-state index in [1.54, 1.807) is 0 Å². The molecule has 0 aromatic heterocycles. The van der Waals surface area contributed by atoms with Crippen LogP contribution in [-0.2, 0) is 16.8 Å². The SMILES string of the molecule is O=C(N(Cc1ccccc1)C1CC1)C1(c2ccc(Br)cc2)CC1. The van der Waals surface area contributed by atoms with Gasteiger partial charge >= 0.3 is 0 Å². The lowest BCUT2D eigenvalue weighted by molar-refractivity contribution is -0.135. The van der Waals surface area contributed by atoms with Crippen LogP contribution < -0.4 is 0 Å². The fourth-order valence-corrected chi connectivity index (χ4v) is 3.59. The number of halogens is 1. The zero-order chi connectivity index (χ0) is 15.9. The van der Waals surface area contributed by atoms with Gasteiger partial charge in [-0.2, -0.15) is 0 Å². The summed E-state index contributed by atoms with van der Waals surface area (Å²) in [5.74, 6) is 0.325. The van der Waals surface area contributed by atoms with Crippen LogP contribution in [-0.4, -0.2) is 16.8 Å². The van der Waals surface area contributed by atoms with Crippen molar-refractivity contribution in [2.75, 3.05) is 0 Å². The maximum atomic E-state index is 13.3. The van der Waals surface area contributed by atoms with E-state index in [0.29, 0.717) is 11.9 Å². The minimum absolute atomic E-state index is 0.266. The van der Waals surface area contributed by atoms with Gasteiger partial charge in [-0.1, -0.05) is 58.4 Å². The van der Waals surface area contributed by atoms with Crippen molar-refractivity contribution in [2.45, 2.75) is 43.7 Å². The standard InChI is InChI=1S/C20H20BrNO/c21-17-8-6-16(7-9-17)20(12-13-20)19(23)22(18-10-11-18)14-15-4-2-1-3-5-15/h1-9,18H,10-14H2. The molecular weight excluding hydrogens is 350 g/mol. The maximum absolute atomic E-state index is 13.3. The van der Waals surface area contributed by atoms with Crippen molar-refractivity contribution in [1.82, 2.24) is 4.90 Å². The van der Waals surface area contributed by atoms with Crippen molar-refractivity contribution >= 4 is 21.8 Å². The molecule has 2 aromatic carbocycles. The molecule has 1 amide bonds. The molecule has 2 fully saturated rings. The second-order valence-corrected chi connectivity index (χ2v) is 7.65. The lowest BCUT2D eigenvalue weighted by Crippen LogP contribution is -2.40.